The van der Waals surface area contributed by atoms with Gasteiger partial charge >= 0.3 is 0 Å². The monoisotopic (exact) mass is 394 g/mol. The Kier molecular flexibility index (Phi) is 5.60. The van der Waals surface area contributed by atoms with Gasteiger partial charge in [0.25, 0.3) is 0 Å². The summed E-state index contributed by atoms with van der Waals surface area (Å²) in [6, 6.07) is 0.280. The third-order valence-corrected chi connectivity index (χ3v) is 7.07. The molecule has 0 unspecified atom stereocenters. The van der Waals surface area contributed by atoms with Crippen molar-refractivity contribution in [1.82, 2.24) is 14.1 Å². The van der Waals surface area contributed by atoms with Crippen LogP contribution in [0.25, 0.3) is 0 Å². The van der Waals surface area contributed by atoms with Gasteiger partial charge in [0.15, 0.2) is 0 Å². The van der Waals surface area contributed by atoms with Gasteiger partial charge in [-0.3, -0.25) is 0 Å². The lowest BCUT2D eigenvalue weighted by molar-refractivity contribution is -0.0883. The number of alkyl halides is 2. The summed E-state index contributed by atoms with van der Waals surface area (Å²) in [4.78, 5) is 4.36. The summed E-state index contributed by atoms with van der Waals surface area (Å²) in [6.07, 6.45) is 3.47. The Bertz CT molecular complexity index is 679. The lowest BCUT2D eigenvalue weighted by atomic mass is 9.81. The third kappa shape index (κ3) is 5.07. The molecule has 2 aliphatic carbocycles. The van der Waals surface area contributed by atoms with Crippen molar-refractivity contribution in [2.75, 3.05) is 17.6 Å². The first-order valence-corrected chi connectivity index (χ1v) is 11.1. The molecule has 25 heavy (non-hydrogen) atoms. The van der Waals surface area contributed by atoms with Gasteiger partial charge in [-0.05, 0) is 38.5 Å². The van der Waals surface area contributed by atoms with E-state index >= 15 is 0 Å². The maximum atomic E-state index is 12.9. The first-order valence-electron chi connectivity index (χ1n) is 8.71. The molecule has 0 spiro atoms. The van der Waals surface area contributed by atoms with Gasteiger partial charge in [0.1, 0.15) is 5.82 Å². The molecule has 142 valence electrons. The van der Waals surface area contributed by atoms with E-state index in [-0.39, 0.29) is 30.6 Å². The molecule has 2 N–H and O–H groups in total. The standard InChI is InChI=1S/C15H24F2N4O2S2/c1-2-25(22,23)18-9-10-3-5-12(6-4-10)19-14-20-13(21-24-14)11-7-15(16,17)8-11/h10-12,18H,2-9H2,1H3,(H,19,20,21)/t10-,12-. The van der Waals surface area contributed by atoms with Crippen LogP contribution in [-0.2, 0) is 10.0 Å². The van der Waals surface area contributed by atoms with Crippen molar-refractivity contribution in [2.24, 2.45) is 5.92 Å². The van der Waals surface area contributed by atoms with E-state index in [1.807, 2.05) is 0 Å². The molecule has 3 rings (SSSR count). The number of rotatable bonds is 7. The normalized spacial score (nSPS) is 27.0. The molecule has 1 heterocycles. The van der Waals surface area contributed by atoms with Gasteiger partial charge in [-0.15, -0.1) is 0 Å². The van der Waals surface area contributed by atoms with Crippen LogP contribution < -0.4 is 10.0 Å². The van der Waals surface area contributed by atoms with Crippen LogP contribution in [0.3, 0.4) is 0 Å². The quantitative estimate of drug-likeness (QED) is 0.743. The predicted molar refractivity (Wildman–Crippen MR) is 93.7 cm³/mol. The number of halogens is 2. The van der Waals surface area contributed by atoms with E-state index in [4.69, 9.17) is 0 Å². The fraction of sp³-hybridized carbons (Fsp3) is 0.867. The number of hydrogen-bond donors (Lipinski definition) is 2. The lowest BCUT2D eigenvalue weighted by Crippen LogP contribution is -2.35. The fourth-order valence-corrected chi connectivity index (χ4v) is 4.75. The molecular formula is C15H24F2N4O2S2. The molecule has 0 aromatic carbocycles. The molecule has 0 saturated heterocycles. The van der Waals surface area contributed by atoms with Gasteiger partial charge in [-0.25, -0.2) is 26.9 Å². The van der Waals surface area contributed by atoms with Crippen molar-refractivity contribution in [3.05, 3.63) is 5.82 Å². The summed E-state index contributed by atoms with van der Waals surface area (Å²) in [5.41, 5.74) is 0. The SMILES string of the molecule is CCS(=O)(=O)NC[C@H]1CC[C@H](Nc2nc(C3CC(F)(F)C3)ns2)CC1. The van der Waals surface area contributed by atoms with Crippen LogP contribution in [0.5, 0.6) is 0 Å². The van der Waals surface area contributed by atoms with Crippen molar-refractivity contribution >= 4 is 26.7 Å². The predicted octanol–water partition coefficient (Wildman–Crippen LogP) is 2.96. The van der Waals surface area contributed by atoms with E-state index in [1.54, 1.807) is 6.92 Å². The number of aromatic nitrogens is 2. The third-order valence-electron chi connectivity index (χ3n) is 5.04. The van der Waals surface area contributed by atoms with E-state index in [9.17, 15) is 17.2 Å². The highest BCUT2D eigenvalue weighted by Crippen LogP contribution is 2.47. The summed E-state index contributed by atoms with van der Waals surface area (Å²) in [6.45, 7) is 2.13. The first kappa shape index (κ1) is 18.9. The molecule has 0 amide bonds. The minimum atomic E-state index is -3.13. The molecule has 2 fully saturated rings. The van der Waals surface area contributed by atoms with Crippen molar-refractivity contribution in [3.63, 3.8) is 0 Å². The summed E-state index contributed by atoms with van der Waals surface area (Å²) in [7, 11) is -3.13. The van der Waals surface area contributed by atoms with Crippen LogP contribution in [0, 0.1) is 5.92 Å². The maximum absolute atomic E-state index is 12.9. The van der Waals surface area contributed by atoms with Crippen molar-refractivity contribution < 1.29 is 17.2 Å². The Hall–Kier alpha value is -0.870. The molecule has 10 heteroatoms. The first-order chi connectivity index (χ1) is 11.8. The van der Waals surface area contributed by atoms with E-state index < -0.39 is 15.9 Å². The highest BCUT2D eigenvalue weighted by Gasteiger charge is 2.47. The van der Waals surface area contributed by atoms with Gasteiger partial charge in [-0.2, -0.15) is 4.37 Å². The van der Waals surface area contributed by atoms with Gasteiger partial charge in [0.05, 0.1) is 5.75 Å². The highest BCUT2D eigenvalue weighted by atomic mass is 32.2. The Morgan fingerprint density at radius 2 is 1.92 bits per heavy atom. The second-order valence-corrected chi connectivity index (χ2v) is 9.88. The molecule has 1 aromatic rings. The summed E-state index contributed by atoms with van der Waals surface area (Å²) < 4.78 is 55.7. The molecule has 1 aromatic heterocycles. The topological polar surface area (TPSA) is 84.0 Å². The Balaban J connectivity index is 1.41. The van der Waals surface area contributed by atoms with Crippen molar-refractivity contribution in [1.29, 1.82) is 0 Å². The van der Waals surface area contributed by atoms with Gasteiger partial charge in [-0.1, -0.05) is 0 Å². The summed E-state index contributed by atoms with van der Waals surface area (Å²) in [5.74, 6) is -1.77. The second-order valence-electron chi connectivity index (χ2n) is 7.03. The zero-order valence-electron chi connectivity index (χ0n) is 14.2. The number of sulfonamides is 1. The van der Waals surface area contributed by atoms with Crippen LogP contribution >= 0.6 is 11.5 Å². The average molecular weight is 395 g/mol. The van der Waals surface area contributed by atoms with Crippen LogP contribution in [0.1, 0.15) is 57.2 Å². The molecule has 0 bridgehead atoms. The summed E-state index contributed by atoms with van der Waals surface area (Å²) in [5, 5.41) is 4.04. The number of nitrogens with one attached hydrogen (secondary N) is 2. The highest BCUT2D eigenvalue weighted by molar-refractivity contribution is 7.89. The smallest absolute Gasteiger partial charge is 0.249 e. The van der Waals surface area contributed by atoms with Gasteiger partial charge in [0, 0.05) is 42.9 Å². The molecule has 0 atom stereocenters. The summed E-state index contributed by atoms with van der Waals surface area (Å²) >= 11 is 1.23. The van der Waals surface area contributed by atoms with Crippen LogP contribution in [0.15, 0.2) is 0 Å². The molecular weight excluding hydrogens is 370 g/mol. The molecule has 2 saturated carbocycles. The van der Waals surface area contributed by atoms with E-state index in [0.29, 0.717) is 23.4 Å². The van der Waals surface area contributed by atoms with E-state index in [0.717, 1.165) is 25.7 Å². The number of nitrogens with zero attached hydrogens (tertiary/aromatic N) is 2. The molecule has 0 radical (unpaired) electrons. The minimum Gasteiger partial charge on any atom is -0.358 e. The number of anilines is 1. The molecule has 0 aliphatic heterocycles. The van der Waals surface area contributed by atoms with Gasteiger partial charge in [0.2, 0.25) is 21.1 Å². The van der Waals surface area contributed by atoms with E-state index in [1.165, 1.54) is 11.5 Å². The van der Waals surface area contributed by atoms with Gasteiger partial charge < -0.3 is 5.32 Å². The minimum absolute atomic E-state index is 0.107. The maximum Gasteiger partial charge on any atom is 0.249 e. The second kappa shape index (κ2) is 7.40. The molecule has 6 nitrogen and oxygen atoms in total. The average Bonchev–Trinajstić information content (AvgIpc) is 3.00. The zero-order chi connectivity index (χ0) is 18.1. The van der Waals surface area contributed by atoms with E-state index in [2.05, 4.69) is 19.4 Å². The largest absolute Gasteiger partial charge is 0.358 e. The fourth-order valence-electron chi connectivity index (χ4n) is 3.34. The van der Waals surface area contributed by atoms with Crippen LogP contribution in [0.4, 0.5) is 13.9 Å². The van der Waals surface area contributed by atoms with Crippen molar-refractivity contribution in [2.45, 2.75) is 63.3 Å². The van der Waals surface area contributed by atoms with Crippen molar-refractivity contribution in [3.8, 4) is 0 Å². The zero-order valence-corrected chi connectivity index (χ0v) is 15.8. The Labute approximate surface area is 151 Å². The Morgan fingerprint density at radius 1 is 1.24 bits per heavy atom. The van der Waals surface area contributed by atoms with Crippen LogP contribution in [-0.4, -0.2) is 42.0 Å². The lowest BCUT2D eigenvalue weighted by Gasteiger charge is -2.32. The number of hydrogen-bond acceptors (Lipinski definition) is 6. The Morgan fingerprint density at radius 3 is 2.52 bits per heavy atom. The van der Waals surface area contributed by atoms with Crippen LogP contribution in [0.2, 0.25) is 0 Å². The molecule has 2 aliphatic rings.